The maximum Gasteiger partial charge on any atom is 0.240 e. The van der Waals surface area contributed by atoms with Crippen molar-refractivity contribution in [3.05, 3.63) is 24.1 Å². The number of carbonyl (C=O) groups excluding carboxylic acids is 1. The molecule has 8 heteroatoms. The topological polar surface area (TPSA) is 89.1 Å². The number of nitrogens with one attached hydrogen (secondary N) is 1. The molecule has 0 saturated carbocycles. The monoisotopic (exact) mass is 332 g/mol. The van der Waals surface area contributed by atoms with Crippen molar-refractivity contribution in [3.63, 3.8) is 0 Å². The Bertz CT molecular complexity index is 672. The molecule has 24 heavy (non-hydrogen) atoms. The number of aryl methyl sites for hydroxylation is 2. The van der Waals surface area contributed by atoms with Gasteiger partial charge >= 0.3 is 0 Å². The van der Waals surface area contributed by atoms with Gasteiger partial charge < -0.3 is 9.84 Å². The number of carbonyl (C=O) groups is 1. The fraction of sp³-hybridized carbons (Fsp3) is 0.625. The van der Waals surface area contributed by atoms with Crippen molar-refractivity contribution in [1.82, 2.24) is 24.8 Å². The molecule has 2 aromatic heterocycles. The number of piperidine rings is 1. The molecular formula is C16H24N6O2. The second-order valence-corrected chi connectivity index (χ2v) is 6.08. The number of hydrogen-bond donors (Lipinski definition) is 1. The smallest absolute Gasteiger partial charge is 0.240 e. The summed E-state index contributed by atoms with van der Waals surface area (Å²) in [5, 5.41) is 11.0. The Hall–Kier alpha value is -2.22. The molecule has 1 saturated heterocycles. The van der Waals surface area contributed by atoms with Gasteiger partial charge in [0.05, 0.1) is 18.4 Å². The van der Waals surface area contributed by atoms with Crippen molar-refractivity contribution >= 4 is 11.6 Å². The maximum atomic E-state index is 12.4. The fourth-order valence-corrected chi connectivity index (χ4v) is 2.89. The van der Waals surface area contributed by atoms with Gasteiger partial charge in [-0.3, -0.25) is 14.4 Å². The van der Waals surface area contributed by atoms with Crippen LogP contribution in [-0.4, -0.2) is 43.8 Å². The lowest BCUT2D eigenvalue weighted by Crippen LogP contribution is -2.37. The summed E-state index contributed by atoms with van der Waals surface area (Å²) >= 11 is 0. The standard InChI is InChI=1S/C16H24N6O2/c1-3-14-19-15(24-20-14)11-21-7-5-12(6-8-21)16(23)18-13-9-17-22(4-2)10-13/h9-10,12H,3-8,11H2,1-2H3,(H,18,23). The molecule has 3 heterocycles. The lowest BCUT2D eigenvalue weighted by Gasteiger charge is -2.30. The van der Waals surface area contributed by atoms with E-state index >= 15 is 0 Å². The first-order valence-corrected chi connectivity index (χ1v) is 8.55. The molecular weight excluding hydrogens is 308 g/mol. The SMILES string of the molecule is CCc1noc(CN2CCC(C(=O)Nc3cnn(CC)c3)CC2)n1. The summed E-state index contributed by atoms with van der Waals surface area (Å²) in [6.45, 7) is 7.19. The highest BCUT2D eigenvalue weighted by Gasteiger charge is 2.26. The maximum absolute atomic E-state index is 12.4. The molecule has 0 spiro atoms. The van der Waals surface area contributed by atoms with E-state index in [1.54, 1.807) is 10.9 Å². The van der Waals surface area contributed by atoms with E-state index in [2.05, 4.69) is 25.5 Å². The Morgan fingerprint density at radius 1 is 1.38 bits per heavy atom. The number of aromatic nitrogens is 4. The molecule has 0 radical (unpaired) electrons. The molecule has 0 aliphatic carbocycles. The van der Waals surface area contributed by atoms with E-state index in [4.69, 9.17) is 4.52 Å². The van der Waals surface area contributed by atoms with Gasteiger partial charge in [-0.2, -0.15) is 10.1 Å². The molecule has 1 aliphatic rings. The van der Waals surface area contributed by atoms with Crippen LogP contribution in [-0.2, 0) is 24.3 Å². The van der Waals surface area contributed by atoms with Crippen LogP contribution in [0.5, 0.6) is 0 Å². The van der Waals surface area contributed by atoms with E-state index in [9.17, 15) is 4.79 Å². The van der Waals surface area contributed by atoms with E-state index in [1.165, 1.54) is 0 Å². The number of hydrogen-bond acceptors (Lipinski definition) is 6. The number of anilines is 1. The molecule has 130 valence electrons. The predicted molar refractivity (Wildman–Crippen MR) is 88.2 cm³/mol. The molecule has 2 aromatic rings. The van der Waals surface area contributed by atoms with Crippen LogP contribution in [0.3, 0.4) is 0 Å². The molecule has 8 nitrogen and oxygen atoms in total. The number of amides is 1. The molecule has 1 aliphatic heterocycles. The van der Waals surface area contributed by atoms with Gasteiger partial charge in [0, 0.05) is 25.1 Å². The molecule has 1 N–H and O–H groups in total. The molecule has 0 bridgehead atoms. The van der Waals surface area contributed by atoms with Gasteiger partial charge in [-0.15, -0.1) is 0 Å². The van der Waals surface area contributed by atoms with Crippen molar-refractivity contribution in [3.8, 4) is 0 Å². The summed E-state index contributed by atoms with van der Waals surface area (Å²) in [7, 11) is 0. The van der Waals surface area contributed by atoms with Crippen LogP contribution in [0.2, 0.25) is 0 Å². The first-order chi connectivity index (χ1) is 11.7. The van der Waals surface area contributed by atoms with Crippen LogP contribution in [0.25, 0.3) is 0 Å². The third kappa shape index (κ3) is 4.00. The van der Waals surface area contributed by atoms with Crippen molar-refractivity contribution in [2.45, 2.75) is 46.2 Å². The zero-order valence-corrected chi connectivity index (χ0v) is 14.2. The van der Waals surface area contributed by atoms with Crippen LogP contribution < -0.4 is 5.32 Å². The number of nitrogens with zero attached hydrogens (tertiary/aromatic N) is 5. The zero-order chi connectivity index (χ0) is 16.9. The summed E-state index contributed by atoms with van der Waals surface area (Å²) in [6.07, 6.45) is 6.00. The van der Waals surface area contributed by atoms with Crippen molar-refractivity contribution in [2.75, 3.05) is 18.4 Å². The third-order valence-corrected chi connectivity index (χ3v) is 4.37. The Kier molecular flexibility index (Phi) is 5.24. The normalized spacial score (nSPS) is 16.4. The van der Waals surface area contributed by atoms with Crippen LogP contribution in [0.15, 0.2) is 16.9 Å². The summed E-state index contributed by atoms with van der Waals surface area (Å²) in [4.78, 5) is 19.0. The van der Waals surface area contributed by atoms with Crippen molar-refractivity contribution in [1.29, 1.82) is 0 Å². The zero-order valence-electron chi connectivity index (χ0n) is 14.2. The molecule has 1 fully saturated rings. The summed E-state index contributed by atoms with van der Waals surface area (Å²) in [5.41, 5.74) is 0.766. The first kappa shape index (κ1) is 16.6. The van der Waals surface area contributed by atoms with Crippen LogP contribution in [0.4, 0.5) is 5.69 Å². The highest BCUT2D eigenvalue weighted by Crippen LogP contribution is 2.20. The van der Waals surface area contributed by atoms with Crippen molar-refractivity contribution < 1.29 is 9.32 Å². The van der Waals surface area contributed by atoms with Gasteiger partial charge in [0.2, 0.25) is 11.8 Å². The van der Waals surface area contributed by atoms with Crippen LogP contribution in [0.1, 0.15) is 38.4 Å². The predicted octanol–water partition coefficient (Wildman–Crippen LogP) is 1.70. The Balaban J connectivity index is 1.46. The lowest BCUT2D eigenvalue weighted by molar-refractivity contribution is -0.121. The summed E-state index contributed by atoms with van der Waals surface area (Å²) < 4.78 is 7.03. The Morgan fingerprint density at radius 2 is 2.17 bits per heavy atom. The second kappa shape index (κ2) is 7.57. The van der Waals surface area contributed by atoms with Crippen LogP contribution >= 0.6 is 0 Å². The molecule has 0 atom stereocenters. The summed E-state index contributed by atoms with van der Waals surface area (Å²) in [6, 6.07) is 0. The van der Waals surface area contributed by atoms with E-state index in [0.29, 0.717) is 12.4 Å². The summed E-state index contributed by atoms with van der Waals surface area (Å²) in [5.74, 6) is 1.52. The van der Waals surface area contributed by atoms with E-state index in [1.807, 2.05) is 20.0 Å². The quantitative estimate of drug-likeness (QED) is 0.866. The average Bonchev–Trinajstić information content (AvgIpc) is 3.24. The number of likely N-dealkylation sites (tertiary alicyclic amines) is 1. The second-order valence-electron chi connectivity index (χ2n) is 6.08. The number of rotatable bonds is 6. The first-order valence-electron chi connectivity index (χ1n) is 8.55. The van der Waals surface area contributed by atoms with Gasteiger partial charge in [0.15, 0.2) is 5.82 Å². The Labute approximate surface area is 141 Å². The van der Waals surface area contributed by atoms with Gasteiger partial charge in [-0.05, 0) is 32.9 Å². The van der Waals surface area contributed by atoms with E-state index in [0.717, 1.165) is 50.4 Å². The largest absolute Gasteiger partial charge is 0.338 e. The highest BCUT2D eigenvalue weighted by molar-refractivity contribution is 5.92. The molecule has 0 unspecified atom stereocenters. The van der Waals surface area contributed by atoms with Gasteiger partial charge in [0.1, 0.15) is 0 Å². The van der Waals surface area contributed by atoms with Gasteiger partial charge in [-0.25, -0.2) is 0 Å². The van der Waals surface area contributed by atoms with Crippen molar-refractivity contribution in [2.24, 2.45) is 5.92 Å². The highest BCUT2D eigenvalue weighted by atomic mass is 16.5. The molecule has 3 rings (SSSR count). The minimum atomic E-state index is 0.0418. The molecule has 0 aromatic carbocycles. The third-order valence-electron chi connectivity index (χ3n) is 4.37. The Morgan fingerprint density at radius 3 is 2.79 bits per heavy atom. The minimum Gasteiger partial charge on any atom is -0.338 e. The van der Waals surface area contributed by atoms with Gasteiger partial charge in [-0.1, -0.05) is 12.1 Å². The molecule has 1 amide bonds. The minimum absolute atomic E-state index is 0.0418. The average molecular weight is 332 g/mol. The van der Waals surface area contributed by atoms with Crippen LogP contribution in [0, 0.1) is 5.92 Å². The fourth-order valence-electron chi connectivity index (χ4n) is 2.89. The lowest BCUT2D eigenvalue weighted by atomic mass is 9.96. The van der Waals surface area contributed by atoms with Gasteiger partial charge in [0.25, 0.3) is 0 Å². The van der Waals surface area contributed by atoms with E-state index in [-0.39, 0.29) is 11.8 Å². The van der Waals surface area contributed by atoms with E-state index < -0.39 is 0 Å².